The average Bonchev–Trinajstić information content (AvgIpc) is 2.49. The average molecular weight is 309 g/mol. The molecule has 0 radical (unpaired) electrons. The summed E-state index contributed by atoms with van der Waals surface area (Å²) >= 11 is 5.95. The second-order valence-corrected chi connectivity index (χ2v) is 4.84. The van der Waals surface area contributed by atoms with Crippen molar-refractivity contribution in [3.05, 3.63) is 34.9 Å². The lowest BCUT2D eigenvalue weighted by Crippen LogP contribution is -2.41. The Morgan fingerprint density at radius 3 is 2.71 bits per heavy atom. The predicted molar refractivity (Wildman–Crippen MR) is 78.8 cm³/mol. The molecule has 0 spiro atoms. The molecule has 6 heteroatoms. The third-order valence-electron chi connectivity index (χ3n) is 2.94. The zero-order valence-corrected chi connectivity index (χ0v) is 12.5. The standard InChI is InChI=1S/C15H17ClN2O3/c1-21-15(20)13(9-3-2-6-10-17)18-14(19)11-7-4-5-8-12(11)16/h4-5,7-8,13H,2-3,6,9H2,1H3,(H,18,19)/t13-/m0/s1. The maximum Gasteiger partial charge on any atom is 0.328 e. The number of nitrogens with one attached hydrogen (secondary N) is 1. The van der Waals surface area contributed by atoms with Crippen LogP contribution in [0.4, 0.5) is 0 Å². The second-order valence-electron chi connectivity index (χ2n) is 4.43. The number of amides is 1. The largest absolute Gasteiger partial charge is 0.467 e. The van der Waals surface area contributed by atoms with Gasteiger partial charge in [0.2, 0.25) is 0 Å². The van der Waals surface area contributed by atoms with E-state index in [4.69, 9.17) is 16.9 Å². The number of methoxy groups -OCH3 is 1. The lowest BCUT2D eigenvalue weighted by Gasteiger charge is -2.16. The van der Waals surface area contributed by atoms with Crippen molar-refractivity contribution in [2.45, 2.75) is 31.7 Å². The first kappa shape index (κ1) is 17.0. The van der Waals surface area contributed by atoms with Crippen LogP contribution in [0.2, 0.25) is 5.02 Å². The number of benzene rings is 1. The number of halogens is 1. The van der Waals surface area contributed by atoms with Gasteiger partial charge in [-0.2, -0.15) is 5.26 Å². The first-order valence-electron chi connectivity index (χ1n) is 6.60. The molecular formula is C15H17ClN2O3. The molecule has 1 aromatic carbocycles. The summed E-state index contributed by atoms with van der Waals surface area (Å²) in [5.74, 6) is -0.927. The highest BCUT2D eigenvalue weighted by Crippen LogP contribution is 2.15. The normalized spacial score (nSPS) is 11.3. The zero-order chi connectivity index (χ0) is 15.7. The van der Waals surface area contributed by atoms with E-state index in [2.05, 4.69) is 10.1 Å². The number of hydrogen-bond acceptors (Lipinski definition) is 4. The van der Waals surface area contributed by atoms with Gasteiger partial charge in [0.1, 0.15) is 6.04 Å². The molecule has 0 aliphatic rings. The Hall–Kier alpha value is -2.06. The Balaban J connectivity index is 2.68. The van der Waals surface area contributed by atoms with Crippen LogP contribution in [-0.4, -0.2) is 25.0 Å². The van der Waals surface area contributed by atoms with E-state index in [1.165, 1.54) is 7.11 Å². The van der Waals surface area contributed by atoms with Crippen LogP contribution in [0.1, 0.15) is 36.0 Å². The fourth-order valence-corrected chi connectivity index (χ4v) is 2.05. The molecule has 0 aliphatic heterocycles. The van der Waals surface area contributed by atoms with E-state index >= 15 is 0 Å². The van der Waals surface area contributed by atoms with Crippen LogP contribution in [-0.2, 0) is 9.53 Å². The first-order valence-corrected chi connectivity index (χ1v) is 6.98. The number of ether oxygens (including phenoxy) is 1. The van der Waals surface area contributed by atoms with Crippen molar-refractivity contribution in [1.82, 2.24) is 5.32 Å². The van der Waals surface area contributed by atoms with Gasteiger partial charge in [-0.3, -0.25) is 4.79 Å². The third kappa shape index (κ3) is 5.44. The summed E-state index contributed by atoms with van der Waals surface area (Å²) in [7, 11) is 1.27. The Labute approximate surface area is 128 Å². The van der Waals surface area contributed by atoms with Crippen molar-refractivity contribution in [3.63, 3.8) is 0 Å². The number of carbonyl (C=O) groups is 2. The van der Waals surface area contributed by atoms with Gasteiger partial charge in [0, 0.05) is 6.42 Å². The smallest absolute Gasteiger partial charge is 0.328 e. The van der Waals surface area contributed by atoms with Crippen LogP contribution in [0.3, 0.4) is 0 Å². The topological polar surface area (TPSA) is 79.2 Å². The molecule has 0 saturated carbocycles. The maximum absolute atomic E-state index is 12.1. The fraction of sp³-hybridized carbons (Fsp3) is 0.400. The van der Waals surface area contributed by atoms with Crippen LogP contribution in [0, 0.1) is 11.3 Å². The molecule has 5 nitrogen and oxygen atoms in total. The summed E-state index contributed by atoms with van der Waals surface area (Å²) in [6.07, 6.45) is 2.17. The number of carbonyl (C=O) groups excluding carboxylic acids is 2. The first-order chi connectivity index (χ1) is 10.1. The zero-order valence-electron chi connectivity index (χ0n) is 11.8. The summed E-state index contributed by atoms with van der Waals surface area (Å²) < 4.78 is 4.68. The second kappa shape index (κ2) is 8.98. The number of esters is 1. The molecule has 0 aromatic heterocycles. The van der Waals surface area contributed by atoms with Crippen molar-refractivity contribution in [2.75, 3.05) is 7.11 Å². The SMILES string of the molecule is COC(=O)[C@H](CCCCC#N)NC(=O)c1ccccc1Cl. The quantitative estimate of drug-likeness (QED) is 0.620. The van der Waals surface area contributed by atoms with Crippen LogP contribution in [0.25, 0.3) is 0 Å². The summed E-state index contributed by atoms with van der Waals surface area (Å²) in [5.41, 5.74) is 0.310. The van der Waals surface area contributed by atoms with Crippen molar-refractivity contribution < 1.29 is 14.3 Å². The maximum atomic E-state index is 12.1. The van der Waals surface area contributed by atoms with Gasteiger partial charge in [0.25, 0.3) is 5.91 Å². The van der Waals surface area contributed by atoms with Crippen LogP contribution in [0.15, 0.2) is 24.3 Å². The van der Waals surface area contributed by atoms with Crippen LogP contribution < -0.4 is 5.32 Å². The van der Waals surface area contributed by atoms with E-state index in [9.17, 15) is 9.59 Å². The molecule has 1 rings (SSSR count). The minimum absolute atomic E-state index is 0.310. The molecule has 1 N–H and O–H groups in total. The molecular weight excluding hydrogens is 292 g/mol. The highest BCUT2D eigenvalue weighted by atomic mass is 35.5. The number of unbranched alkanes of at least 4 members (excludes halogenated alkanes) is 2. The Kier molecular flexibility index (Phi) is 7.27. The molecule has 0 aliphatic carbocycles. The molecule has 1 aromatic rings. The van der Waals surface area contributed by atoms with E-state index in [1.807, 2.05) is 6.07 Å². The molecule has 1 amide bonds. The molecule has 0 saturated heterocycles. The molecule has 0 unspecified atom stereocenters. The summed E-state index contributed by atoms with van der Waals surface area (Å²) in [6.45, 7) is 0. The highest BCUT2D eigenvalue weighted by Gasteiger charge is 2.22. The highest BCUT2D eigenvalue weighted by molar-refractivity contribution is 6.33. The molecule has 1 atom stereocenters. The number of nitriles is 1. The Bertz CT molecular complexity index is 540. The number of hydrogen-bond donors (Lipinski definition) is 1. The summed E-state index contributed by atoms with van der Waals surface area (Å²) in [5, 5.41) is 11.4. The third-order valence-corrected chi connectivity index (χ3v) is 3.27. The molecule has 21 heavy (non-hydrogen) atoms. The number of rotatable bonds is 7. The van der Waals surface area contributed by atoms with E-state index in [1.54, 1.807) is 24.3 Å². The van der Waals surface area contributed by atoms with Gasteiger partial charge in [0.15, 0.2) is 0 Å². The predicted octanol–water partition coefficient (Wildman–Crippen LogP) is 2.70. The van der Waals surface area contributed by atoms with Gasteiger partial charge in [-0.1, -0.05) is 23.7 Å². The lowest BCUT2D eigenvalue weighted by atomic mass is 10.1. The Morgan fingerprint density at radius 1 is 1.38 bits per heavy atom. The van der Waals surface area contributed by atoms with Crippen LogP contribution in [0.5, 0.6) is 0 Å². The van der Waals surface area contributed by atoms with Gasteiger partial charge >= 0.3 is 5.97 Å². The molecule has 112 valence electrons. The van der Waals surface area contributed by atoms with Crippen molar-refractivity contribution in [2.24, 2.45) is 0 Å². The van der Waals surface area contributed by atoms with Crippen molar-refractivity contribution >= 4 is 23.5 Å². The van der Waals surface area contributed by atoms with Gasteiger partial charge in [-0.15, -0.1) is 0 Å². The monoisotopic (exact) mass is 308 g/mol. The van der Waals surface area contributed by atoms with E-state index in [0.717, 1.165) is 0 Å². The van der Waals surface area contributed by atoms with E-state index < -0.39 is 17.9 Å². The fourth-order valence-electron chi connectivity index (χ4n) is 1.83. The van der Waals surface area contributed by atoms with E-state index in [-0.39, 0.29) is 0 Å². The van der Waals surface area contributed by atoms with Crippen LogP contribution >= 0.6 is 11.6 Å². The van der Waals surface area contributed by atoms with Crippen molar-refractivity contribution in [3.8, 4) is 6.07 Å². The Morgan fingerprint density at radius 2 is 2.10 bits per heavy atom. The summed E-state index contributed by atoms with van der Waals surface area (Å²) in [6, 6.07) is 7.91. The lowest BCUT2D eigenvalue weighted by molar-refractivity contribution is -0.143. The van der Waals surface area contributed by atoms with E-state index in [0.29, 0.717) is 36.3 Å². The minimum Gasteiger partial charge on any atom is -0.467 e. The van der Waals surface area contributed by atoms with Gasteiger partial charge < -0.3 is 10.1 Å². The summed E-state index contributed by atoms with van der Waals surface area (Å²) in [4.78, 5) is 23.8. The van der Waals surface area contributed by atoms with Gasteiger partial charge in [-0.25, -0.2) is 4.79 Å². The van der Waals surface area contributed by atoms with Gasteiger partial charge in [0.05, 0.1) is 23.8 Å². The van der Waals surface area contributed by atoms with Crippen molar-refractivity contribution in [1.29, 1.82) is 5.26 Å². The minimum atomic E-state index is -0.738. The molecule has 0 heterocycles. The molecule has 0 bridgehead atoms. The molecule has 0 fully saturated rings. The van der Waals surface area contributed by atoms with Gasteiger partial charge in [-0.05, 0) is 31.4 Å². The number of nitrogens with zero attached hydrogens (tertiary/aromatic N) is 1.